The Labute approximate surface area is 139 Å². The topological polar surface area (TPSA) is 38.1 Å². The van der Waals surface area contributed by atoms with Crippen LogP contribution in [-0.4, -0.2) is 27.1 Å². The van der Waals surface area contributed by atoms with Crippen LogP contribution >= 0.6 is 11.3 Å². The van der Waals surface area contributed by atoms with Crippen LogP contribution in [0, 0.1) is 6.92 Å². The van der Waals surface area contributed by atoms with Crippen LogP contribution < -0.4 is 0 Å². The number of aromatic nitrogens is 2. The molecule has 0 radical (unpaired) electrons. The molecule has 0 unspecified atom stereocenters. The molecule has 2 aromatic heterocycles. The molecule has 0 spiro atoms. The molecule has 23 heavy (non-hydrogen) atoms. The number of rotatable bonds is 2. The van der Waals surface area contributed by atoms with Gasteiger partial charge in [-0.2, -0.15) is 5.10 Å². The summed E-state index contributed by atoms with van der Waals surface area (Å²) < 4.78 is 1.87. The van der Waals surface area contributed by atoms with Gasteiger partial charge in [0.05, 0.1) is 16.6 Å². The highest BCUT2D eigenvalue weighted by molar-refractivity contribution is 7.20. The molecule has 1 aromatic carbocycles. The molecule has 1 atom stereocenters. The first-order chi connectivity index (χ1) is 11.1. The summed E-state index contributed by atoms with van der Waals surface area (Å²) in [6, 6.07) is 12.6. The third kappa shape index (κ3) is 2.36. The minimum Gasteiger partial charge on any atom is -0.331 e. The Morgan fingerprint density at radius 2 is 2.09 bits per heavy atom. The lowest BCUT2D eigenvalue weighted by atomic mass is 10.0. The Morgan fingerprint density at radius 3 is 2.83 bits per heavy atom. The van der Waals surface area contributed by atoms with Gasteiger partial charge in [0.15, 0.2) is 0 Å². The molecule has 1 fully saturated rings. The van der Waals surface area contributed by atoms with Crippen molar-refractivity contribution >= 4 is 27.5 Å². The molecule has 0 N–H and O–H groups in total. The average molecular weight is 325 g/mol. The Kier molecular flexibility index (Phi) is 3.45. The summed E-state index contributed by atoms with van der Waals surface area (Å²) in [7, 11) is 1.93. The van der Waals surface area contributed by atoms with Crippen molar-refractivity contribution in [2.24, 2.45) is 7.05 Å². The molecule has 1 amide bonds. The summed E-state index contributed by atoms with van der Waals surface area (Å²) in [5.41, 5.74) is 2.22. The zero-order chi connectivity index (χ0) is 16.0. The highest BCUT2D eigenvalue weighted by Gasteiger charge is 2.31. The SMILES string of the molecule is Cc1nn(C)c2sc(C(=O)N3CCC[C@H]3c3ccccc3)cc12. The van der Waals surface area contributed by atoms with Gasteiger partial charge in [-0.3, -0.25) is 9.48 Å². The van der Waals surface area contributed by atoms with Crippen molar-refractivity contribution < 1.29 is 4.79 Å². The quantitative estimate of drug-likeness (QED) is 0.716. The first kappa shape index (κ1) is 14.5. The molecule has 118 valence electrons. The normalized spacial score (nSPS) is 18.0. The summed E-state index contributed by atoms with van der Waals surface area (Å²) in [6.45, 7) is 2.83. The molecule has 1 aliphatic rings. The summed E-state index contributed by atoms with van der Waals surface area (Å²) in [5.74, 6) is 0.150. The van der Waals surface area contributed by atoms with Crippen molar-refractivity contribution in [3.05, 3.63) is 52.5 Å². The van der Waals surface area contributed by atoms with Crippen LogP contribution in [0.4, 0.5) is 0 Å². The molecule has 0 bridgehead atoms. The number of nitrogens with zero attached hydrogens (tertiary/aromatic N) is 3. The third-order valence-corrected chi connectivity index (χ3v) is 5.79. The van der Waals surface area contributed by atoms with Crippen LogP contribution in [0.2, 0.25) is 0 Å². The summed E-state index contributed by atoms with van der Waals surface area (Å²) in [6.07, 6.45) is 2.11. The second-order valence-electron chi connectivity index (χ2n) is 6.11. The van der Waals surface area contributed by atoms with E-state index in [2.05, 4.69) is 17.2 Å². The van der Waals surface area contributed by atoms with Gasteiger partial charge < -0.3 is 4.90 Å². The van der Waals surface area contributed by atoms with Crippen molar-refractivity contribution in [1.82, 2.24) is 14.7 Å². The van der Waals surface area contributed by atoms with E-state index < -0.39 is 0 Å². The zero-order valence-corrected chi connectivity index (χ0v) is 14.1. The van der Waals surface area contributed by atoms with Crippen molar-refractivity contribution in [3.63, 3.8) is 0 Å². The van der Waals surface area contributed by atoms with Crippen LogP contribution in [-0.2, 0) is 7.05 Å². The smallest absolute Gasteiger partial charge is 0.264 e. The van der Waals surface area contributed by atoms with Crippen molar-refractivity contribution in [3.8, 4) is 0 Å². The number of carbonyl (C=O) groups is 1. The Balaban J connectivity index is 1.68. The molecule has 4 nitrogen and oxygen atoms in total. The molecule has 1 aliphatic heterocycles. The van der Waals surface area contributed by atoms with E-state index in [9.17, 15) is 4.79 Å². The van der Waals surface area contributed by atoms with Crippen LogP contribution in [0.25, 0.3) is 10.2 Å². The molecular weight excluding hydrogens is 306 g/mol. The molecule has 0 saturated carbocycles. The van der Waals surface area contributed by atoms with Gasteiger partial charge in [0, 0.05) is 19.0 Å². The number of fused-ring (bicyclic) bond motifs is 1. The number of hydrogen-bond acceptors (Lipinski definition) is 3. The minimum atomic E-state index is 0.150. The van der Waals surface area contributed by atoms with Crippen LogP contribution in [0.15, 0.2) is 36.4 Å². The fourth-order valence-corrected chi connectivity index (χ4v) is 4.56. The second kappa shape index (κ2) is 5.49. The van der Waals surface area contributed by atoms with E-state index in [0.717, 1.165) is 40.2 Å². The lowest BCUT2D eigenvalue weighted by Gasteiger charge is -2.24. The third-order valence-electron chi connectivity index (χ3n) is 4.60. The minimum absolute atomic E-state index is 0.150. The molecule has 3 aromatic rings. The number of likely N-dealkylation sites (tertiary alicyclic amines) is 1. The van der Waals surface area contributed by atoms with Gasteiger partial charge in [0.1, 0.15) is 4.83 Å². The standard InChI is InChI=1S/C18H19N3OS/c1-12-14-11-16(23-18(14)20(2)19-12)17(22)21-10-6-9-15(21)13-7-4-3-5-8-13/h3-5,7-8,11,15H,6,9-10H2,1-2H3/t15-/m0/s1. The van der Waals surface area contributed by atoms with Gasteiger partial charge in [-0.1, -0.05) is 30.3 Å². The van der Waals surface area contributed by atoms with Crippen LogP contribution in [0.5, 0.6) is 0 Å². The second-order valence-corrected chi connectivity index (χ2v) is 7.14. The van der Waals surface area contributed by atoms with E-state index in [4.69, 9.17) is 0 Å². The van der Waals surface area contributed by atoms with Gasteiger partial charge in [-0.25, -0.2) is 0 Å². The molecule has 5 heteroatoms. The number of amides is 1. The van der Waals surface area contributed by atoms with Gasteiger partial charge >= 0.3 is 0 Å². The number of hydrogen-bond donors (Lipinski definition) is 0. The van der Waals surface area contributed by atoms with Crippen LogP contribution in [0.3, 0.4) is 0 Å². The van der Waals surface area contributed by atoms with E-state index in [0.29, 0.717) is 0 Å². The number of aryl methyl sites for hydroxylation is 2. The lowest BCUT2D eigenvalue weighted by Crippen LogP contribution is -2.29. The molecule has 3 heterocycles. The van der Waals surface area contributed by atoms with Crippen LogP contribution in [0.1, 0.15) is 39.8 Å². The summed E-state index contributed by atoms with van der Waals surface area (Å²) in [5, 5.41) is 5.51. The first-order valence-corrected chi connectivity index (χ1v) is 8.76. The number of carbonyl (C=O) groups excluding carboxylic acids is 1. The number of benzene rings is 1. The Hall–Kier alpha value is -2.14. The maximum atomic E-state index is 13.0. The number of thiophene rings is 1. The fraction of sp³-hybridized carbons (Fsp3) is 0.333. The van der Waals surface area contributed by atoms with E-state index >= 15 is 0 Å². The lowest BCUT2D eigenvalue weighted by molar-refractivity contribution is 0.0740. The van der Waals surface area contributed by atoms with E-state index in [1.807, 2.05) is 47.8 Å². The monoisotopic (exact) mass is 325 g/mol. The van der Waals surface area contributed by atoms with Gasteiger partial charge in [-0.05, 0) is 31.4 Å². The van der Waals surface area contributed by atoms with Gasteiger partial charge in [0.2, 0.25) is 0 Å². The van der Waals surface area contributed by atoms with Gasteiger partial charge in [-0.15, -0.1) is 11.3 Å². The van der Waals surface area contributed by atoms with Crippen molar-refractivity contribution in [2.45, 2.75) is 25.8 Å². The molecule has 1 saturated heterocycles. The van der Waals surface area contributed by atoms with Crippen molar-refractivity contribution in [1.29, 1.82) is 0 Å². The zero-order valence-electron chi connectivity index (χ0n) is 13.3. The molecule has 0 aliphatic carbocycles. The van der Waals surface area contributed by atoms with E-state index in [1.165, 1.54) is 5.56 Å². The Morgan fingerprint density at radius 1 is 1.30 bits per heavy atom. The maximum absolute atomic E-state index is 13.0. The highest BCUT2D eigenvalue weighted by Crippen LogP contribution is 2.35. The highest BCUT2D eigenvalue weighted by atomic mass is 32.1. The summed E-state index contributed by atoms with van der Waals surface area (Å²) in [4.78, 5) is 16.9. The van der Waals surface area contributed by atoms with E-state index in [1.54, 1.807) is 11.3 Å². The average Bonchev–Trinajstić information content (AvgIpc) is 3.26. The maximum Gasteiger partial charge on any atom is 0.264 e. The predicted molar refractivity (Wildman–Crippen MR) is 92.8 cm³/mol. The summed E-state index contributed by atoms with van der Waals surface area (Å²) >= 11 is 1.55. The van der Waals surface area contributed by atoms with Crippen molar-refractivity contribution in [2.75, 3.05) is 6.54 Å². The predicted octanol–water partition coefficient (Wildman–Crippen LogP) is 3.92. The fourth-order valence-electron chi connectivity index (χ4n) is 3.48. The van der Waals surface area contributed by atoms with E-state index in [-0.39, 0.29) is 11.9 Å². The van der Waals surface area contributed by atoms with Gasteiger partial charge in [0.25, 0.3) is 5.91 Å². The molecule has 4 rings (SSSR count). The largest absolute Gasteiger partial charge is 0.331 e. The Bertz CT molecular complexity index is 831. The molecular formula is C18H19N3OS. The first-order valence-electron chi connectivity index (χ1n) is 7.94.